The molecule has 2 aliphatic heterocycles. The molecule has 0 bridgehead atoms. The number of carbonyl (C=O) groups excluding carboxylic acids is 1. The first kappa shape index (κ1) is 23.8. The van der Waals surface area contributed by atoms with E-state index in [9.17, 15) is 4.79 Å². The first-order chi connectivity index (χ1) is 18.2. The third-order valence-corrected chi connectivity index (χ3v) is 8.64. The molecule has 4 aromatic rings. The van der Waals surface area contributed by atoms with Crippen LogP contribution in [0, 0.1) is 5.41 Å². The van der Waals surface area contributed by atoms with Crippen LogP contribution in [-0.4, -0.2) is 28.9 Å². The normalized spacial score (nSPS) is 21.3. The lowest BCUT2D eigenvalue weighted by atomic mass is 9.65. The second kappa shape index (κ2) is 10.1. The molecule has 3 heterocycles. The van der Waals surface area contributed by atoms with Gasteiger partial charge in [0.1, 0.15) is 0 Å². The average molecular weight is 494 g/mol. The summed E-state index contributed by atoms with van der Waals surface area (Å²) in [6.45, 7) is 4.51. The monoisotopic (exact) mass is 493 g/mol. The van der Waals surface area contributed by atoms with E-state index in [1.807, 2.05) is 42.5 Å². The van der Waals surface area contributed by atoms with Crippen molar-refractivity contribution in [2.45, 2.75) is 51.5 Å². The number of hydrogen-bond donors (Lipinski definition) is 2. The Morgan fingerprint density at radius 3 is 2.57 bits per heavy atom. The lowest BCUT2D eigenvalue weighted by molar-refractivity contribution is -0.142. The third-order valence-electron chi connectivity index (χ3n) is 8.64. The number of piperidine rings is 1. The minimum Gasteiger partial charge on any atom is -0.357 e. The zero-order chi connectivity index (χ0) is 25.2. The minimum absolute atomic E-state index is 0.0602. The van der Waals surface area contributed by atoms with Crippen LogP contribution in [0.4, 0.5) is 5.69 Å². The molecule has 0 aliphatic carbocycles. The van der Waals surface area contributed by atoms with E-state index in [-0.39, 0.29) is 11.4 Å². The summed E-state index contributed by atoms with van der Waals surface area (Å²) in [5, 5.41) is 1.36. The van der Waals surface area contributed by atoms with Crippen molar-refractivity contribution in [1.29, 1.82) is 0 Å². The van der Waals surface area contributed by atoms with Gasteiger partial charge in [-0.1, -0.05) is 67.6 Å². The molecule has 3 aromatic carbocycles. The van der Waals surface area contributed by atoms with Gasteiger partial charge in [-0.15, -0.1) is 0 Å². The summed E-state index contributed by atoms with van der Waals surface area (Å²) in [4.78, 5) is 24.8. The Kier molecular flexibility index (Phi) is 6.47. The number of benzene rings is 3. The van der Waals surface area contributed by atoms with Crippen LogP contribution < -0.4 is 5.48 Å². The molecule has 0 spiro atoms. The van der Waals surface area contributed by atoms with Gasteiger partial charge in [0, 0.05) is 29.6 Å². The average Bonchev–Trinajstić information content (AvgIpc) is 3.34. The fourth-order valence-corrected chi connectivity index (χ4v) is 6.68. The Balaban J connectivity index is 1.13. The maximum Gasteiger partial charge on any atom is 0.332 e. The molecule has 1 aromatic heterocycles. The predicted molar refractivity (Wildman–Crippen MR) is 149 cm³/mol. The van der Waals surface area contributed by atoms with Crippen molar-refractivity contribution in [3.05, 3.63) is 90.1 Å². The number of hydrogen-bond acceptors (Lipinski definition) is 4. The second-order valence-electron chi connectivity index (χ2n) is 10.6. The molecule has 0 unspecified atom stereocenters. The number of aromatic nitrogens is 1. The maximum absolute atomic E-state index is 12.8. The molecule has 6 rings (SSSR count). The first-order valence-corrected chi connectivity index (χ1v) is 13.6. The van der Waals surface area contributed by atoms with Crippen molar-refractivity contribution < 1.29 is 9.63 Å². The second-order valence-corrected chi connectivity index (χ2v) is 10.6. The summed E-state index contributed by atoms with van der Waals surface area (Å²) in [5.74, 6) is -0.204. The quantitative estimate of drug-likeness (QED) is 0.266. The first-order valence-electron chi connectivity index (χ1n) is 13.6. The summed E-state index contributed by atoms with van der Waals surface area (Å²) in [6.07, 6.45) is 5.69. The van der Waals surface area contributed by atoms with Gasteiger partial charge in [0.25, 0.3) is 0 Å². The molecule has 190 valence electrons. The van der Waals surface area contributed by atoms with E-state index in [1.165, 1.54) is 34.1 Å². The highest BCUT2D eigenvalue weighted by atomic mass is 16.7. The van der Waals surface area contributed by atoms with Gasteiger partial charge in [-0.05, 0) is 79.0 Å². The fourth-order valence-electron chi connectivity index (χ4n) is 6.68. The Hall–Kier alpha value is -3.57. The van der Waals surface area contributed by atoms with Crippen LogP contribution in [-0.2, 0) is 16.1 Å². The van der Waals surface area contributed by atoms with Crippen molar-refractivity contribution in [1.82, 2.24) is 9.88 Å². The summed E-state index contributed by atoms with van der Waals surface area (Å²) >= 11 is 0. The summed E-state index contributed by atoms with van der Waals surface area (Å²) < 4.78 is 0. The number of H-pyrrole nitrogens is 1. The number of carbonyl (C=O) groups is 1. The Morgan fingerprint density at radius 1 is 1.00 bits per heavy atom. The molecule has 2 atom stereocenters. The minimum atomic E-state index is -0.204. The summed E-state index contributed by atoms with van der Waals surface area (Å²) in [5.41, 5.74) is 10.1. The van der Waals surface area contributed by atoms with Gasteiger partial charge in [-0.3, -0.25) is 4.90 Å². The fraction of sp³-hybridized carbons (Fsp3) is 0.344. The molecule has 2 N–H and O–H groups in total. The molecule has 5 heteroatoms. The lowest BCUT2D eigenvalue weighted by Crippen LogP contribution is -2.49. The zero-order valence-electron chi connectivity index (χ0n) is 21.5. The number of aromatic amines is 1. The number of rotatable bonds is 7. The standard InChI is InChI=1S/C32H35N3O2/c1-2-32(19-8-21-35-22-18-27-26-11-6-7-12-28(26)33-30(27)31(32)35)20-17-29(36)37-34-25-15-13-24(14-16-25)23-9-4-3-5-10-23/h3-7,9-16,31,33-34H,2,8,17-22H2,1H3/t31-,32-/m1/s1. The van der Waals surface area contributed by atoms with Crippen LogP contribution >= 0.6 is 0 Å². The smallest absolute Gasteiger partial charge is 0.332 e. The highest BCUT2D eigenvalue weighted by Gasteiger charge is 2.47. The molecule has 0 amide bonds. The van der Waals surface area contributed by atoms with Crippen molar-refractivity contribution in [2.75, 3.05) is 18.6 Å². The molecule has 0 saturated carbocycles. The van der Waals surface area contributed by atoms with Gasteiger partial charge in [0.2, 0.25) is 0 Å². The molecule has 5 nitrogen and oxygen atoms in total. The lowest BCUT2D eigenvalue weighted by Gasteiger charge is -2.52. The van der Waals surface area contributed by atoms with Gasteiger partial charge in [0.05, 0.1) is 11.7 Å². The van der Waals surface area contributed by atoms with Gasteiger partial charge >= 0.3 is 5.97 Å². The van der Waals surface area contributed by atoms with Gasteiger partial charge in [0.15, 0.2) is 0 Å². The van der Waals surface area contributed by atoms with E-state index in [2.05, 4.69) is 58.7 Å². The Labute approximate surface area is 218 Å². The summed E-state index contributed by atoms with van der Waals surface area (Å²) in [7, 11) is 0. The van der Waals surface area contributed by atoms with Crippen LogP contribution in [0.25, 0.3) is 22.0 Å². The van der Waals surface area contributed by atoms with Crippen LogP contribution in [0.15, 0.2) is 78.9 Å². The van der Waals surface area contributed by atoms with Crippen molar-refractivity contribution >= 4 is 22.6 Å². The number of nitrogens with zero attached hydrogens (tertiary/aromatic N) is 1. The van der Waals surface area contributed by atoms with Crippen LogP contribution in [0.1, 0.15) is 56.3 Å². The highest BCUT2D eigenvalue weighted by molar-refractivity contribution is 5.85. The maximum atomic E-state index is 12.8. The van der Waals surface area contributed by atoms with Crippen molar-refractivity contribution in [3.8, 4) is 11.1 Å². The SMILES string of the molecule is CC[C@]1(CCC(=O)ONc2ccc(-c3ccccc3)cc2)CCCN2CCc3c([nH]c4ccccc34)[C@@H]21. The molecule has 0 radical (unpaired) electrons. The Morgan fingerprint density at radius 2 is 1.76 bits per heavy atom. The van der Waals surface area contributed by atoms with E-state index in [4.69, 9.17) is 4.84 Å². The molecule has 1 saturated heterocycles. The van der Waals surface area contributed by atoms with E-state index < -0.39 is 0 Å². The largest absolute Gasteiger partial charge is 0.357 e. The van der Waals surface area contributed by atoms with E-state index in [1.54, 1.807) is 0 Å². The topological polar surface area (TPSA) is 57.4 Å². The molecule has 1 fully saturated rings. The van der Waals surface area contributed by atoms with Gasteiger partial charge in [-0.25, -0.2) is 10.3 Å². The number of fused-ring (bicyclic) bond motifs is 5. The summed E-state index contributed by atoms with van der Waals surface area (Å²) in [6, 6.07) is 27.2. The van der Waals surface area contributed by atoms with Gasteiger partial charge in [-0.2, -0.15) is 0 Å². The number of nitrogens with one attached hydrogen (secondary N) is 2. The van der Waals surface area contributed by atoms with Crippen molar-refractivity contribution in [3.63, 3.8) is 0 Å². The molecular weight excluding hydrogens is 458 g/mol. The molecular formula is C32H35N3O2. The van der Waals surface area contributed by atoms with Crippen LogP contribution in [0.2, 0.25) is 0 Å². The van der Waals surface area contributed by atoms with Gasteiger partial charge < -0.3 is 9.82 Å². The van der Waals surface area contributed by atoms with Crippen LogP contribution in [0.5, 0.6) is 0 Å². The number of anilines is 1. The predicted octanol–water partition coefficient (Wildman–Crippen LogP) is 7.27. The van der Waals surface area contributed by atoms with Crippen molar-refractivity contribution in [2.24, 2.45) is 5.41 Å². The number of para-hydroxylation sites is 1. The Bertz CT molecular complexity index is 1380. The van der Waals surface area contributed by atoms with E-state index in [0.717, 1.165) is 50.0 Å². The molecule has 37 heavy (non-hydrogen) atoms. The highest BCUT2D eigenvalue weighted by Crippen LogP contribution is 2.53. The van der Waals surface area contributed by atoms with E-state index >= 15 is 0 Å². The molecule has 2 aliphatic rings. The van der Waals surface area contributed by atoms with Crippen LogP contribution in [0.3, 0.4) is 0 Å². The van der Waals surface area contributed by atoms with E-state index in [0.29, 0.717) is 12.5 Å². The zero-order valence-corrected chi connectivity index (χ0v) is 21.5. The third kappa shape index (κ3) is 4.53.